The third-order valence-electron chi connectivity index (χ3n) is 7.32. The molecule has 6 heteroatoms. The van der Waals surface area contributed by atoms with Gasteiger partial charge in [0.1, 0.15) is 0 Å². The van der Waals surface area contributed by atoms with Crippen LogP contribution in [0.5, 0.6) is 0 Å². The molecule has 0 aromatic heterocycles. The van der Waals surface area contributed by atoms with E-state index in [9.17, 15) is 5.11 Å². The first kappa shape index (κ1) is 23.6. The van der Waals surface area contributed by atoms with Crippen LogP contribution in [0.15, 0.2) is 29.3 Å². The first-order valence-corrected chi connectivity index (χ1v) is 11.7. The topological polar surface area (TPSA) is 51.1 Å². The van der Waals surface area contributed by atoms with Gasteiger partial charge in [-0.1, -0.05) is 25.0 Å². The molecule has 1 saturated carbocycles. The number of nitrogens with zero attached hydrogens (tertiary/aromatic N) is 3. The normalized spacial score (nSPS) is 21.9. The van der Waals surface area contributed by atoms with Crippen LogP contribution in [0.25, 0.3) is 0 Å². The van der Waals surface area contributed by atoms with Gasteiger partial charge in [0.05, 0.1) is 6.54 Å². The van der Waals surface area contributed by atoms with Crippen LogP contribution in [0.4, 0.5) is 5.69 Å². The summed E-state index contributed by atoms with van der Waals surface area (Å²) < 4.78 is 0. The van der Waals surface area contributed by atoms with Crippen LogP contribution in [-0.2, 0) is 6.54 Å². The average molecular weight is 527 g/mol. The number of anilines is 1. The number of piperidine rings is 1. The summed E-state index contributed by atoms with van der Waals surface area (Å²) in [7, 11) is 0. The zero-order valence-corrected chi connectivity index (χ0v) is 20.8. The highest BCUT2D eigenvalue weighted by atomic mass is 127. The molecule has 4 rings (SSSR count). The summed E-state index contributed by atoms with van der Waals surface area (Å²) in [6.07, 6.45) is 9.13. The summed E-state index contributed by atoms with van der Waals surface area (Å²) in [6, 6.07) is 8.92. The Labute approximate surface area is 199 Å². The van der Waals surface area contributed by atoms with Gasteiger partial charge in [0.2, 0.25) is 0 Å². The summed E-state index contributed by atoms with van der Waals surface area (Å²) in [5, 5.41) is 12.8. The van der Waals surface area contributed by atoms with Gasteiger partial charge in [-0.15, -0.1) is 24.0 Å². The largest absolute Gasteiger partial charge is 0.396 e. The first-order chi connectivity index (χ1) is 14.2. The summed E-state index contributed by atoms with van der Waals surface area (Å²) in [4.78, 5) is 9.91. The van der Waals surface area contributed by atoms with Gasteiger partial charge < -0.3 is 20.2 Å². The molecular formula is C24H39IN4O. The van der Waals surface area contributed by atoms with Gasteiger partial charge in [-0.2, -0.15) is 0 Å². The Hall–Kier alpha value is -1.02. The summed E-state index contributed by atoms with van der Waals surface area (Å²) >= 11 is 0. The Balaban J connectivity index is 0.00000256. The molecular weight excluding hydrogens is 487 g/mol. The number of guanidine groups is 1. The van der Waals surface area contributed by atoms with E-state index in [4.69, 9.17) is 4.99 Å². The zero-order valence-electron chi connectivity index (χ0n) is 18.5. The Bertz CT molecular complexity index is 679. The number of aliphatic hydroxyl groups excluding tert-OH is 1. The van der Waals surface area contributed by atoms with Gasteiger partial charge in [-0.3, -0.25) is 0 Å². The third kappa shape index (κ3) is 5.61. The minimum atomic E-state index is 0. The summed E-state index contributed by atoms with van der Waals surface area (Å²) in [6.45, 7) is 8.57. The van der Waals surface area contributed by atoms with Crippen molar-refractivity contribution >= 4 is 35.6 Å². The van der Waals surface area contributed by atoms with E-state index in [1.165, 1.54) is 49.9 Å². The van der Waals surface area contributed by atoms with Crippen molar-refractivity contribution in [3.8, 4) is 0 Å². The summed E-state index contributed by atoms with van der Waals surface area (Å²) in [5.41, 5.74) is 3.13. The summed E-state index contributed by atoms with van der Waals surface area (Å²) in [5.74, 6) is 1.57. The Morgan fingerprint density at radius 1 is 1.10 bits per heavy atom. The standard InChI is InChI=1S/C24H38N4O.HI/c1-2-25-23(28-16-13-24(19-28)11-3-4-12-24)26-17-20-5-7-22(8-6-20)27-14-9-21(18-29)10-15-27;/h5-8,21,29H,2-4,9-19H2,1H3,(H,25,26);1H. The highest BCUT2D eigenvalue weighted by Crippen LogP contribution is 2.45. The molecule has 0 atom stereocenters. The van der Waals surface area contributed by atoms with Gasteiger partial charge in [0, 0.05) is 45.0 Å². The second-order valence-corrected chi connectivity index (χ2v) is 9.33. The van der Waals surface area contributed by atoms with Crippen molar-refractivity contribution in [2.24, 2.45) is 16.3 Å². The van der Waals surface area contributed by atoms with Crippen molar-refractivity contribution in [3.05, 3.63) is 29.8 Å². The third-order valence-corrected chi connectivity index (χ3v) is 7.32. The molecule has 2 aliphatic heterocycles. The quantitative estimate of drug-likeness (QED) is 0.343. The molecule has 168 valence electrons. The van der Waals surface area contributed by atoms with Crippen molar-refractivity contribution in [1.82, 2.24) is 10.2 Å². The fourth-order valence-corrected chi connectivity index (χ4v) is 5.43. The predicted octanol–water partition coefficient (Wildman–Crippen LogP) is 4.24. The van der Waals surface area contributed by atoms with Crippen molar-refractivity contribution in [2.75, 3.05) is 44.2 Å². The fourth-order valence-electron chi connectivity index (χ4n) is 5.43. The van der Waals surface area contributed by atoms with Gasteiger partial charge in [-0.25, -0.2) is 4.99 Å². The van der Waals surface area contributed by atoms with Crippen molar-refractivity contribution in [1.29, 1.82) is 0 Å². The number of benzene rings is 1. The van der Waals surface area contributed by atoms with E-state index in [0.717, 1.165) is 51.5 Å². The van der Waals surface area contributed by atoms with E-state index in [1.807, 2.05) is 0 Å². The molecule has 2 N–H and O–H groups in total. The second kappa shape index (κ2) is 11.0. The fraction of sp³-hybridized carbons (Fsp3) is 0.708. The highest BCUT2D eigenvalue weighted by Gasteiger charge is 2.41. The molecule has 0 radical (unpaired) electrons. The SMILES string of the molecule is CCNC(=NCc1ccc(N2CCC(CO)CC2)cc1)N1CCC2(CCCC2)C1.I. The molecule has 0 unspecified atom stereocenters. The monoisotopic (exact) mass is 526 g/mol. The number of halogens is 1. The molecule has 1 aromatic carbocycles. The van der Waals surface area contributed by atoms with Gasteiger partial charge >= 0.3 is 0 Å². The lowest BCUT2D eigenvalue weighted by atomic mass is 9.86. The molecule has 2 heterocycles. The minimum Gasteiger partial charge on any atom is -0.396 e. The number of hydrogen-bond donors (Lipinski definition) is 2. The van der Waals surface area contributed by atoms with E-state index < -0.39 is 0 Å². The van der Waals surface area contributed by atoms with E-state index in [0.29, 0.717) is 17.9 Å². The van der Waals surface area contributed by atoms with E-state index >= 15 is 0 Å². The Morgan fingerprint density at radius 3 is 2.43 bits per heavy atom. The molecule has 2 saturated heterocycles. The van der Waals surface area contributed by atoms with E-state index in [-0.39, 0.29) is 24.0 Å². The Kier molecular flexibility index (Phi) is 8.69. The second-order valence-electron chi connectivity index (χ2n) is 9.33. The number of rotatable bonds is 5. The van der Waals surface area contributed by atoms with E-state index in [2.05, 4.69) is 46.3 Å². The molecule has 3 fully saturated rings. The maximum atomic E-state index is 9.33. The van der Waals surface area contributed by atoms with Crippen LogP contribution >= 0.6 is 24.0 Å². The lowest BCUT2D eigenvalue weighted by Crippen LogP contribution is -2.41. The van der Waals surface area contributed by atoms with Crippen molar-refractivity contribution < 1.29 is 5.11 Å². The number of hydrogen-bond acceptors (Lipinski definition) is 3. The van der Waals surface area contributed by atoms with Crippen molar-refractivity contribution in [2.45, 2.75) is 58.4 Å². The van der Waals surface area contributed by atoms with Crippen LogP contribution in [0, 0.1) is 11.3 Å². The van der Waals surface area contributed by atoms with Crippen LogP contribution in [0.2, 0.25) is 0 Å². The van der Waals surface area contributed by atoms with Crippen LogP contribution < -0.4 is 10.2 Å². The Morgan fingerprint density at radius 2 is 1.80 bits per heavy atom. The van der Waals surface area contributed by atoms with Crippen molar-refractivity contribution in [3.63, 3.8) is 0 Å². The number of likely N-dealkylation sites (tertiary alicyclic amines) is 1. The first-order valence-electron chi connectivity index (χ1n) is 11.7. The molecule has 0 bridgehead atoms. The number of nitrogens with one attached hydrogen (secondary N) is 1. The zero-order chi connectivity index (χ0) is 20.1. The molecule has 0 amide bonds. The lowest BCUT2D eigenvalue weighted by Gasteiger charge is -2.33. The maximum Gasteiger partial charge on any atom is 0.194 e. The van der Waals surface area contributed by atoms with E-state index in [1.54, 1.807) is 0 Å². The van der Waals surface area contributed by atoms with Crippen LogP contribution in [-0.4, -0.2) is 55.3 Å². The molecule has 5 nitrogen and oxygen atoms in total. The van der Waals surface area contributed by atoms with Gasteiger partial charge in [0.15, 0.2) is 5.96 Å². The molecule has 3 aliphatic rings. The number of aliphatic hydroxyl groups is 1. The lowest BCUT2D eigenvalue weighted by molar-refractivity contribution is 0.203. The molecule has 30 heavy (non-hydrogen) atoms. The average Bonchev–Trinajstić information content (AvgIpc) is 3.41. The molecule has 1 aliphatic carbocycles. The van der Waals surface area contributed by atoms with Crippen LogP contribution in [0.3, 0.4) is 0 Å². The van der Waals surface area contributed by atoms with Gasteiger partial charge in [0.25, 0.3) is 0 Å². The van der Waals surface area contributed by atoms with Gasteiger partial charge in [-0.05, 0) is 68.1 Å². The van der Waals surface area contributed by atoms with Crippen LogP contribution in [0.1, 0.15) is 57.4 Å². The smallest absolute Gasteiger partial charge is 0.194 e. The molecule has 1 aromatic rings. The maximum absolute atomic E-state index is 9.33. The minimum absolute atomic E-state index is 0. The molecule has 1 spiro atoms. The highest BCUT2D eigenvalue weighted by molar-refractivity contribution is 14.0. The number of aliphatic imine (C=N–C) groups is 1. The predicted molar refractivity (Wildman–Crippen MR) is 136 cm³/mol.